The van der Waals surface area contributed by atoms with Crippen molar-refractivity contribution in [2.75, 3.05) is 6.61 Å². The van der Waals surface area contributed by atoms with E-state index in [0.717, 1.165) is 4.47 Å². The lowest BCUT2D eigenvalue weighted by molar-refractivity contribution is -0.000937. The number of benzene rings is 2. The highest BCUT2D eigenvalue weighted by Crippen LogP contribution is 2.44. The highest BCUT2D eigenvalue weighted by molar-refractivity contribution is 9.10. The highest BCUT2D eigenvalue weighted by atomic mass is 79.9. The third-order valence-electron chi connectivity index (χ3n) is 3.26. The number of rotatable bonds is 1. The Bertz CT molecular complexity index is 677. The topological polar surface area (TPSA) is 18.5 Å². The molecule has 1 atom stereocenters. The maximum atomic E-state index is 14.1. The molecular formula is C15H11BrClFO2. The number of hydrogen-bond donors (Lipinski definition) is 0. The minimum Gasteiger partial charge on any atom is -0.485 e. The van der Waals surface area contributed by atoms with Gasteiger partial charge in [-0.25, -0.2) is 4.39 Å². The molecule has 1 heterocycles. The van der Waals surface area contributed by atoms with Gasteiger partial charge in [0.15, 0.2) is 17.1 Å². The van der Waals surface area contributed by atoms with Gasteiger partial charge in [0.05, 0.1) is 4.47 Å². The molecule has 0 saturated carbocycles. The Hall–Kier alpha value is -1.26. The van der Waals surface area contributed by atoms with Gasteiger partial charge in [0.25, 0.3) is 0 Å². The number of halogens is 3. The van der Waals surface area contributed by atoms with Crippen molar-refractivity contribution in [2.45, 2.75) is 12.5 Å². The maximum absolute atomic E-state index is 14.1. The number of hydrogen-bond acceptors (Lipinski definition) is 2. The first-order valence-corrected chi connectivity index (χ1v) is 7.22. The van der Waals surface area contributed by atoms with Crippen molar-refractivity contribution < 1.29 is 13.9 Å². The van der Waals surface area contributed by atoms with Crippen LogP contribution in [0.25, 0.3) is 0 Å². The summed E-state index contributed by atoms with van der Waals surface area (Å²) in [5, 5.41) is 0.355. The Balaban J connectivity index is 2.05. The summed E-state index contributed by atoms with van der Waals surface area (Å²) < 4.78 is 26.6. The molecule has 20 heavy (non-hydrogen) atoms. The first-order valence-electron chi connectivity index (χ1n) is 6.05. The molecule has 0 aromatic heterocycles. The van der Waals surface area contributed by atoms with E-state index in [0.29, 0.717) is 22.1 Å². The Morgan fingerprint density at radius 2 is 2.10 bits per heavy atom. The van der Waals surface area contributed by atoms with Gasteiger partial charge in [-0.15, -0.1) is 0 Å². The van der Waals surface area contributed by atoms with Gasteiger partial charge in [0, 0.05) is 10.6 Å². The fourth-order valence-corrected chi connectivity index (χ4v) is 2.81. The Labute approximate surface area is 129 Å². The Morgan fingerprint density at radius 1 is 1.30 bits per heavy atom. The lowest BCUT2D eigenvalue weighted by Crippen LogP contribution is -2.40. The van der Waals surface area contributed by atoms with Crippen molar-refractivity contribution >= 4 is 27.5 Å². The lowest BCUT2D eigenvalue weighted by Gasteiger charge is -2.36. The highest BCUT2D eigenvalue weighted by Gasteiger charge is 2.38. The summed E-state index contributed by atoms with van der Waals surface area (Å²) in [5.41, 5.74) is -0.478. The summed E-state index contributed by atoms with van der Waals surface area (Å²) >= 11 is 9.20. The van der Waals surface area contributed by atoms with Gasteiger partial charge in [-0.3, -0.25) is 0 Å². The predicted molar refractivity (Wildman–Crippen MR) is 79.0 cm³/mol. The van der Waals surface area contributed by atoms with E-state index in [-0.39, 0.29) is 6.61 Å². The fourth-order valence-electron chi connectivity index (χ4n) is 2.22. The largest absolute Gasteiger partial charge is 0.485 e. The normalized spacial score (nSPS) is 20.8. The molecule has 1 aliphatic heterocycles. The van der Waals surface area contributed by atoms with Gasteiger partial charge in [-0.2, -0.15) is 0 Å². The van der Waals surface area contributed by atoms with E-state index in [1.165, 1.54) is 6.07 Å². The molecule has 0 fully saturated rings. The van der Waals surface area contributed by atoms with Gasteiger partial charge >= 0.3 is 0 Å². The van der Waals surface area contributed by atoms with E-state index in [1.807, 2.05) is 18.2 Å². The Morgan fingerprint density at radius 3 is 2.85 bits per heavy atom. The molecule has 0 amide bonds. The van der Waals surface area contributed by atoms with Crippen molar-refractivity contribution in [3.63, 3.8) is 0 Å². The van der Waals surface area contributed by atoms with Gasteiger partial charge in [0.1, 0.15) is 12.4 Å². The molecule has 0 N–H and O–H groups in total. The number of ether oxygens (including phenoxy) is 2. The summed E-state index contributed by atoms with van der Waals surface area (Å²) in [6.07, 6.45) is 0. The van der Waals surface area contributed by atoms with E-state index in [1.54, 1.807) is 19.1 Å². The number of fused-ring (bicyclic) bond motifs is 1. The standard InChI is InChI=1S/C15H11BrClFO2/c1-15(10-6-5-9(17)7-12(10)18)8-19-13-4-2-3-11(16)14(13)20-15/h2-7H,8H2,1H3. The third-order valence-corrected chi connectivity index (χ3v) is 4.12. The Kier molecular flexibility index (Phi) is 3.38. The van der Waals surface area contributed by atoms with Crippen LogP contribution in [0.3, 0.4) is 0 Å². The van der Waals surface area contributed by atoms with Gasteiger partial charge in [-0.05, 0) is 47.1 Å². The minimum atomic E-state index is -0.897. The second-order valence-corrected chi connectivity index (χ2v) is 6.10. The molecule has 1 aliphatic rings. The molecule has 104 valence electrons. The van der Waals surface area contributed by atoms with Crippen LogP contribution in [-0.2, 0) is 5.60 Å². The van der Waals surface area contributed by atoms with Crippen LogP contribution < -0.4 is 9.47 Å². The number of para-hydroxylation sites is 1. The molecule has 0 saturated heterocycles. The van der Waals surface area contributed by atoms with Gasteiger partial charge in [-0.1, -0.05) is 23.7 Å². The van der Waals surface area contributed by atoms with E-state index in [4.69, 9.17) is 21.1 Å². The summed E-state index contributed by atoms with van der Waals surface area (Å²) in [6, 6.07) is 10.1. The van der Waals surface area contributed by atoms with Crippen LogP contribution in [0.2, 0.25) is 5.02 Å². The van der Waals surface area contributed by atoms with Crippen LogP contribution in [0.15, 0.2) is 40.9 Å². The minimum absolute atomic E-state index is 0.231. The zero-order chi connectivity index (χ0) is 14.3. The van der Waals surface area contributed by atoms with Crippen LogP contribution in [-0.4, -0.2) is 6.61 Å². The van der Waals surface area contributed by atoms with E-state index in [9.17, 15) is 4.39 Å². The average molecular weight is 358 g/mol. The predicted octanol–water partition coefficient (Wildman–Crippen LogP) is 4.93. The SMILES string of the molecule is CC1(c2ccc(Cl)cc2F)COc2cccc(Br)c2O1. The van der Waals surface area contributed by atoms with Crippen molar-refractivity contribution in [3.8, 4) is 11.5 Å². The molecule has 0 bridgehead atoms. The van der Waals surface area contributed by atoms with Crippen molar-refractivity contribution in [1.82, 2.24) is 0 Å². The molecule has 5 heteroatoms. The fraction of sp³-hybridized carbons (Fsp3) is 0.200. The quantitative estimate of drug-likeness (QED) is 0.720. The summed E-state index contributed by atoms with van der Waals surface area (Å²) in [6.45, 7) is 2.02. The first kappa shape index (κ1) is 13.7. The van der Waals surface area contributed by atoms with Crippen LogP contribution in [0.1, 0.15) is 12.5 Å². The van der Waals surface area contributed by atoms with Crippen molar-refractivity contribution in [2.24, 2.45) is 0 Å². The summed E-state index contributed by atoms with van der Waals surface area (Å²) in [7, 11) is 0. The molecular weight excluding hydrogens is 347 g/mol. The van der Waals surface area contributed by atoms with Crippen LogP contribution >= 0.6 is 27.5 Å². The van der Waals surface area contributed by atoms with Gasteiger partial charge in [0.2, 0.25) is 0 Å². The average Bonchev–Trinajstić information content (AvgIpc) is 2.39. The van der Waals surface area contributed by atoms with Crippen molar-refractivity contribution in [1.29, 1.82) is 0 Å². The molecule has 2 nitrogen and oxygen atoms in total. The summed E-state index contributed by atoms with van der Waals surface area (Å²) in [4.78, 5) is 0. The second kappa shape index (κ2) is 4.93. The van der Waals surface area contributed by atoms with Gasteiger partial charge < -0.3 is 9.47 Å². The zero-order valence-corrected chi connectivity index (χ0v) is 13.0. The van der Waals surface area contributed by atoms with E-state index >= 15 is 0 Å². The summed E-state index contributed by atoms with van der Waals surface area (Å²) in [5.74, 6) is 0.820. The van der Waals surface area contributed by atoms with Crippen LogP contribution in [0, 0.1) is 5.82 Å². The van der Waals surface area contributed by atoms with Crippen LogP contribution in [0.5, 0.6) is 11.5 Å². The van der Waals surface area contributed by atoms with E-state index in [2.05, 4.69) is 15.9 Å². The maximum Gasteiger partial charge on any atom is 0.176 e. The monoisotopic (exact) mass is 356 g/mol. The molecule has 1 unspecified atom stereocenters. The molecule has 2 aromatic carbocycles. The van der Waals surface area contributed by atoms with Crippen molar-refractivity contribution in [3.05, 3.63) is 57.3 Å². The van der Waals surface area contributed by atoms with Crippen LogP contribution in [0.4, 0.5) is 4.39 Å². The third kappa shape index (κ3) is 2.27. The smallest absolute Gasteiger partial charge is 0.176 e. The molecule has 3 rings (SSSR count). The molecule has 2 aromatic rings. The molecule has 0 radical (unpaired) electrons. The van der Waals surface area contributed by atoms with E-state index < -0.39 is 11.4 Å². The molecule has 0 spiro atoms. The second-order valence-electron chi connectivity index (χ2n) is 4.81. The zero-order valence-electron chi connectivity index (χ0n) is 10.6. The lowest BCUT2D eigenvalue weighted by atomic mass is 9.95. The molecule has 0 aliphatic carbocycles. The first-order chi connectivity index (χ1) is 9.49.